The average Bonchev–Trinajstić information content (AvgIpc) is 3.46. The Kier molecular flexibility index (Phi) is 10.4. The molecule has 3 aromatic rings. The first kappa shape index (κ1) is 30.6. The number of carbonyl (C=O) groups is 2. The lowest BCUT2D eigenvalue weighted by molar-refractivity contribution is -0.140. The second-order valence-electron chi connectivity index (χ2n) is 10.3. The highest BCUT2D eigenvalue weighted by Gasteiger charge is 2.34. The number of amides is 2. The van der Waals surface area contributed by atoms with E-state index in [1.807, 2.05) is 54.6 Å². The first-order valence-corrected chi connectivity index (χ1v) is 16.3. The number of halogens is 1. The summed E-state index contributed by atoms with van der Waals surface area (Å²) in [6.07, 6.45) is 5.27. The van der Waals surface area contributed by atoms with Gasteiger partial charge >= 0.3 is 0 Å². The van der Waals surface area contributed by atoms with E-state index in [4.69, 9.17) is 4.74 Å². The Morgan fingerprint density at radius 3 is 2.32 bits per heavy atom. The van der Waals surface area contributed by atoms with E-state index >= 15 is 0 Å². The SMILES string of the molecule is COc1cccc(N(CC(=O)N(Cc2cccc(Br)c2)[C@@H](Cc2ccccc2)C(=O)NC2CCCC2)S(C)(=O)=O)c1. The van der Waals surface area contributed by atoms with Gasteiger partial charge in [0, 0.05) is 29.5 Å². The fourth-order valence-corrected chi connectivity index (χ4v) is 6.42. The van der Waals surface area contributed by atoms with Crippen molar-refractivity contribution in [2.24, 2.45) is 0 Å². The maximum absolute atomic E-state index is 14.2. The Hall–Kier alpha value is -3.37. The number of rotatable bonds is 12. The number of nitrogens with one attached hydrogen (secondary N) is 1. The monoisotopic (exact) mass is 641 g/mol. The van der Waals surface area contributed by atoms with Crippen LogP contribution < -0.4 is 14.4 Å². The summed E-state index contributed by atoms with van der Waals surface area (Å²) in [5.74, 6) is -0.260. The van der Waals surface area contributed by atoms with Crippen molar-refractivity contribution in [1.82, 2.24) is 10.2 Å². The predicted molar refractivity (Wildman–Crippen MR) is 164 cm³/mol. The molecule has 8 nitrogen and oxygen atoms in total. The summed E-state index contributed by atoms with van der Waals surface area (Å²) in [6, 6.07) is 22.9. The normalized spacial score (nSPS) is 14.3. The molecular weight excluding hydrogens is 606 g/mol. The number of benzene rings is 3. The fraction of sp³-hybridized carbons (Fsp3) is 0.355. The lowest BCUT2D eigenvalue weighted by Crippen LogP contribution is -2.54. The van der Waals surface area contributed by atoms with E-state index in [-0.39, 0.29) is 24.9 Å². The van der Waals surface area contributed by atoms with Crippen LogP contribution in [0.1, 0.15) is 36.8 Å². The molecule has 0 heterocycles. The standard InChI is InChI=1S/C31H36BrN3O5S/c1-40-28-17-9-16-27(20-28)35(41(2,38)39)22-30(36)34(21-24-12-8-13-25(32)18-24)29(19-23-10-4-3-5-11-23)31(37)33-26-14-6-7-15-26/h3-5,8-13,16-18,20,26,29H,6-7,14-15,19,21-22H2,1-2H3,(H,33,37)/t29-/m0/s1. The third kappa shape index (κ3) is 8.56. The van der Waals surface area contributed by atoms with E-state index in [9.17, 15) is 18.0 Å². The number of anilines is 1. The molecule has 1 atom stereocenters. The summed E-state index contributed by atoms with van der Waals surface area (Å²) in [5.41, 5.74) is 2.02. The lowest BCUT2D eigenvalue weighted by atomic mass is 10.0. The van der Waals surface area contributed by atoms with Crippen LogP contribution in [-0.2, 0) is 32.6 Å². The number of hydrogen-bond acceptors (Lipinski definition) is 5. The molecule has 1 saturated carbocycles. The molecule has 41 heavy (non-hydrogen) atoms. The van der Waals surface area contributed by atoms with Crippen molar-refractivity contribution in [2.75, 3.05) is 24.2 Å². The largest absolute Gasteiger partial charge is 0.497 e. The summed E-state index contributed by atoms with van der Waals surface area (Å²) in [7, 11) is -2.36. The van der Waals surface area contributed by atoms with Crippen molar-refractivity contribution in [2.45, 2.75) is 50.7 Å². The van der Waals surface area contributed by atoms with Crippen LogP contribution in [0.25, 0.3) is 0 Å². The van der Waals surface area contributed by atoms with Crippen molar-refractivity contribution in [3.63, 3.8) is 0 Å². The molecule has 218 valence electrons. The predicted octanol–water partition coefficient (Wildman–Crippen LogP) is 4.92. The molecule has 1 fully saturated rings. The molecule has 3 aromatic carbocycles. The average molecular weight is 643 g/mol. The third-order valence-corrected chi connectivity index (χ3v) is 8.87. The third-order valence-electron chi connectivity index (χ3n) is 7.24. The van der Waals surface area contributed by atoms with Crippen LogP contribution >= 0.6 is 15.9 Å². The molecule has 0 unspecified atom stereocenters. The Morgan fingerprint density at radius 1 is 0.976 bits per heavy atom. The van der Waals surface area contributed by atoms with Crippen LogP contribution in [0.4, 0.5) is 5.69 Å². The maximum Gasteiger partial charge on any atom is 0.244 e. The van der Waals surface area contributed by atoms with Gasteiger partial charge in [-0.25, -0.2) is 8.42 Å². The molecule has 0 bridgehead atoms. The molecule has 0 radical (unpaired) electrons. The minimum absolute atomic E-state index is 0.0629. The summed E-state index contributed by atoms with van der Waals surface area (Å²) >= 11 is 3.50. The first-order valence-electron chi connectivity index (χ1n) is 13.6. The molecule has 0 spiro atoms. The van der Waals surface area contributed by atoms with E-state index < -0.39 is 28.5 Å². The lowest BCUT2D eigenvalue weighted by Gasteiger charge is -2.34. The fourth-order valence-electron chi connectivity index (χ4n) is 5.13. The summed E-state index contributed by atoms with van der Waals surface area (Å²) in [4.78, 5) is 29.6. The molecular formula is C31H36BrN3O5S. The van der Waals surface area contributed by atoms with Gasteiger partial charge in [0.05, 0.1) is 19.1 Å². The molecule has 4 rings (SSSR count). The van der Waals surface area contributed by atoms with Gasteiger partial charge in [-0.2, -0.15) is 0 Å². The second kappa shape index (κ2) is 14.0. The zero-order valence-corrected chi connectivity index (χ0v) is 25.7. The van der Waals surface area contributed by atoms with Gasteiger partial charge in [0.1, 0.15) is 18.3 Å². The second-order valence-corrected chi connectivity index (χ2v) is 13.1. The Labute approximate surface area is 250 Å². The maximum atomic E-state index is 14.2. The van der Waals surface area contributed by atoms with Gasteiger partial charge in [-0.05, 0) is 48.2 Å². The zero-order valence-electron chi connectivity index (χ0n) is 23.3. The Morgan fingerprint density at radius 2 is 1.66 bits per heavy atom. The molecule has 1 aliphatic carbocycles. The van der Waals surface area contributed by atoms with Gasteiger partial charge in [-0.3, -0.25) is 13.9 Å². The molecule has 1 N–H and O–H groups in total. The summed E-state index contributed by atoms with van der Waals surface area (Å²) in [5, 5.41) is 3.17. The van der Waals surface area contributed by atoms with Crippen molar-refractivity contribution in [1.29, 1.82) is 0 Å². The molecule has 2 amide bonds. The minimum atomic E-state index is -3.85. The number of hydrogen-bond donors (Lipinski definition) is 1. The molecule has 0 aromatic heterocycles. The van der Waals surface area contributed by atoms with Crippen LogP contribution in [0.15, 0.2) is 83.3 Å². The highest BCUT2D eigenvalue weighted by atomic mass is 79.9. The van der Waals surface area contributed by atoms with E-state index in [0.29, 0.717) is 11.4 Å². The topological polar surface area (TPSA) is 96.0 Å². The highest BCUT2D eigenvalue weighted by Crippen LogP contribution is 2.25. The number of ether oxygens (including phenoxy) is 1. The van der Waals surface area contributed by atoms with Gasteiger partial charge < -0.3 is 15.0 Å². The van der Waals surface area contributed by atoms with E-state index in [1.54, 1.807) is 24.3 Å². The first-order chi connectivity index (χ1) is 19.6. The van der Waals surface area contributed by atoms with Crippen molar-refractivity contribution < 1.29 is 22.7 Å². The molecule has 0 aliphatic heterocycles. The van der Waals surface area contributed by atoms with Gasteiger partial charge in [0.25, 0.3) is 0 Å². The van der Waals surface area contributed by atoms with Crippen LogP contribution in [0.5, 0.6) is 5.75 Å². The Balaban J connectivity index is 1.73. The molecule has 0 saturated heterocycles. The van der Waals surface area contributed by atoms with Crippen LogP contribution in [0.2, 0.25) is 0 Å². The van der Waals surface area contributed by atoms with Gasteiger partial charge in [0.2, 0.25) is 21.8 Å². The quantitative estimate of drug-likeness (QED) is 0.303. The number of nitrogens with zero attached hydrogens (tertiary/aromatic N) is 2. The van der Waals surface area contributed by atoms with Gasteiger partial charge in [-0.15, -0.1) is 0 Å². The van der Waals surface area contributed by atoms with Crippen LogP contribution in [0, 0.1) is 0 Å². The van der Waals surface area contributed by atoms with Crippen LogP contribution in [0.3, 0.4) is 0 Å². The number of sulfonamides is 1. The van der Waals surface area contributed by atoms with Crippen LogP contribution in [-0.4, -0.2) is 57.1 Å². The van der Waals surface area contributed by atoms with Gasteiger partial charge in [-0.1, -0.05) is 77.3 Å². The molecule has 10 heteroatoms. The Bertz CT molecular complexity index is 1440. The van der Waals surface area contributed by atoms with Crippen molar-refractivity contribution >= 4 is 43.5 Å². The van der Waals surface area contributed by atoms with Gasteiger partial charge in [0.15, 0.2) is 0 Å². The molecule has 1 aliphatic rings. The van der Waals surface area contributed by atoms with Crippen molar-refractivity contribution in [3.05, 3.63) is 94.5 Å². The van der Waals surface area contributed by atoms with E-state index in [1.165, 1.54) is 12.0 Å². The minimum Gasteiger partial charge on any atom is -0.497 e. The van der Waals surface area contributed by atoms with E-state index in [2.05, 4.69) is 21.2 Å². The summed E-state index contributed by atoms with van der Waals surface area (Å²) < 4.78 is 33.1. The number of methoxy groups -OCH3 is 1. The zero-order chi connectivity index (χ0) is 29.4. The van der Waals surface area contributed by atoms with E-state index in [0.717, 1.165) is 51.8 Å². The van der Waals surface area contributed by atoms with Crippen molar-refractivity contribution in [3.8, 4) is 5.75 Å². The highest BCUT2D eigenvalue weighted by molar-refractivity contribution is 9.10. The number of carbonyl (C=O) groups excluding carboxylic acids is 2. The smallest absolute Gasteiger partial charge is 0.244 e. The summed E-state index contributed by atoms with van der Waals surface area (Å²) in [6.45, 7) is -0.342.